The molecule has 1 saturated carbocycles. The zero-order chi connectivity index (χ0) is 16.7. The molecule has 0 aromatic heterocycles. The molecule has 2 saturated heterocycles. The highest BCUT2D eigenvalue weighted by Crippen LogP contribution is 2.64. The van der Waals surface area contributed by atoms with E-state index in [1.54, 1.807) is 20.8 Å². The SMILES string of the molecule is CC1(C)S[C@@H]2[C@H](NC(=O)C3(C)CC3(Cl)Cl)C(=O)N2[C@H]1C(=O)O. The third-order valence-electron chi connectivity index (χ3n) is 4.72. The highest BCUT2D eigenvalue weighted by molar-refractivity contribution is 8.01. The first kappa shape index (κ1) is 16.2. The van der Waals surface area contributed by atoms with Crippen LogP contribution in [-0.4, -0.2) is 54.3 Å². The normalized spacial score (nSPS) is 40.7. The highest BCUT2D eigenvalue weighted by Gasteiger charge is 2.70. The highest BCUT2D eigenvalue weighted by atomic mass is 35.5. The Balaban J connectivity index is 1.74. The van der Waals surface area contributed by atoms with E-state index in [1.165, 1.54) is 16.7 Å². The Hall–Kier alpha value is -0.660. The first-order chi connectivity index (χ1) is 9.92. The van der Waals surface area contributed by atoms with Crippen LogP contribution in [0.25, 0.3) is 0 Å². The van der Waals surface area contributed by atoms with Crippen molar-refractivity contribution in [2.24, 2.45) is 5.41 Å². The molecule has 1 aliphatic carbocycles. The van der Waals surface area contributed by atoms with E-state index in [9.17, 15) is 19.5 Å². The topological polar surface area (TPSA) is 86.7 Å². The minimum atomic E-state index is -1.10. The number of carbonyl (C=O) groups excluding carboxylic acids is 2. The molecule has 9 heteroatoms. The monoisotopic (exact) mass is 366 g/mol. The van der Waals surface area contributed by atoms with Gasteiger partial charge in [-0.15, -0.1) is 35.0 Å². The fourth-order valence-corrected chi connectivity index (χ4v) is 5.42. The smallest absolute Gasteiger partial charge is 0.327 e. The van der Waals surface area contributed by atoms with Crippen LogP contribution in [0.2, 0.25) is 0 Å². The second-order valence-electron chi connectivity index (χ2n) is 6.76. The van der Waals surface area contributed by atoms with Gasteiger partial charge in [0.15, 0.2) is 0 Å². The fraction of sp³-hybridized carbons (Fsp3) is 0.769. The van der Waals surface area contributed by atoms with E-state index in [-0.39, 0.29) is 17.2 Å². The third-order valence-corrected chi connectivity index (χ3v) is 7.39. The number of halogens is 2. The van der Waals surface area contributed by atoms with E-state index in [1.807, 2.05) is 0 Å². The van der Waals surface area contributed by atoms with Crippen molar-refractivity contribution in [2.75, 3.05) is 0 Å². The number of carboxylic acids is 1. The number of β-lactam (4-membered cyclic amide) rings is 1. The maximum atomic E-state index is 12.3. The number of fused-ring (bicyclic) bond motifs is 1. The number of hydrogen-bond acceptors (Lipinski definition) is 4. The molecule has 6 nitrogen and oxygen atoms in total. The Morgan fingerprint density at radius 2 is 1.91 bits per heavy atom. The van der Waals surface area contributed by atoms with E-state index in [0.29, 0.717) is 6.42 Å². The van der Waals surface area contributed by atoms with Crippen LogP contribution >= 0.6 is 35.0 Å². The lowest BCUT2D eigenvalue weighted by Gasteiger charge is -2.44. The van der Waals surface area contributed by atoms with Gasteiger partial charge in [-0.05, 0) is 27.2 Å². The lowest BCUT2D eigenvalue weighted by atomic mass is 9.95. The van der Waals surface area contributed by atoms with Crippen LogP contribution in [0.3, 0.4) is 0 Å². The Morgan fingerprint density at radius 1 is 1.36 bits per heavy atom. The lowest BCUT2D eigenvalue weighted by molar-refractivity contribution is -0.161. The Kier molecular flexibility index (Phi) is 3.28. The quantitative estimate of drug-likeness (QED) is 0.578. The van der Waals surface area contributed by atoms with Gasteiger partial charge in [0.2, 0.25) is 11.8 Å². The summed E-state index contributed by atoms with van der Waals surface area (Å²) in [5.41, 5.74) is -0.901. The molecule has 4 atom stereocenters. The van der Waals surface area contributed by atoms with Gasteiger partial charge in [-0.1, -0.05) is 0 Å². The molecule has 22 heavy (non-hydrogen) atoms. The Bertz CT molecular complexity index is 597. The van der Waals surface area contributed by atoms with Crippen LogP contribution in [0.4, 0.5) is 0 Å². The molecule has 0 aromatic carbocycles. The van der Waals surface area contributed by atoms with E-state index in [4.69, 9.17) is 23.2 Å². The fourth-order valence-electron chi connectivity index (χ4n) is 3.09. The van der Waals surface area contributed by atoms with Gasteiger partial charge in [0.1, 0.15) is 21.8 Å². The molecular weight excluding hydrogens is 351 g/mol. The molecule has 1 unspecified atom stereocenters. The maximum absolute atomic E-state index is 12.3. The molecule has 0 bridgehead atoms. The summed E-state index contributed by atoms with van der Waals surface area (Å²) in [6.45, 7) is 5.21. The van der Waals surface area contributed by atoms with E-state index >= 15 is 0 Å². The number of hydrogen-bond donors (Lipinski definition) is 2. The first-order valence-corrected chi connectivity index (χ1v) is 8.47. The van der Waals surface area contributed by atoms with E-state index < -0.39 is 32.5 Å². The molecular formula is C13H16Cl2N2O4S. The van der Waals surface area contributed by atoms with Crippen molar-refractivity contribution in [3.8, 4) is 0 Å². The predicted octanol–water partition coefficient (Wildman–Crippen LogP) is 1.20. The minimum Gasteiger partial charge on any atom is -0.480 e. The van der Waals surface area contributed by atoms with Gasteiger partial charge < -0.3 is 15.3 Å². The molecule has 2 heterocycles. The summed E-state index contributed by atoms with van der Waals surface area (Å²) in [5.74, 6) is -1.77. The molecule has 2 N–H and O–H groups in total. The first-order valence-electron chi connectivity index (χ1n) is 6.84. The van der Waals surface area contributed by atoms with Gasteiger partial charge in [0, 0.05) is 4.75 Å². The second kappa shape index (κ2) is 4.45. The predicted molar refractivity (Wildman–Crippen MR) is 82.8 cm³/mol. The Morgan fingerprint density at radius 3 is 2.36 bits per heavy atom. The standard InChI is InChI=1S/C13H16Cl2N2O4S/c1-11(2)6(9(19)20)17-7(18)5(8(17)22-11)16-10(21)12(3)4-13(12,14)15/h5-6,8H,4H2,1-3H3,(H,16,21)(H,19,20)/t5-,6+,8-,12?/m1/s1. The Labute approximate surface area is 141 Å². The van der Waals surface area contributed by atoms with Crippen molar-refractivity contribution >= 4 is 52.7 Å². The van der Waals surface area contributed by atoms with Crippen molar-refractivity contribution in [2.45, 2.75) is 53.7 Å². The van der Waals surface area contributed by atoms with E-state index in [0.717, 1.165) is 0 Å². The summed E-state index contributed by atoms with van der Waals surface area (Å²) in [4.78, 5) is 37.3. The number of aliphatic carboxylic acids is 1. The van der Waals surface area contributed by atoms with Crippen molar-refractivity contribution in [1.29, 1.82) is 0 Å². The van der Waals surface area contributed by atoms with Crippen LogP contribution in [0.1, 0.15) is 27.2 Å². The number of thioether (sulfide) groups is 1. The zero-order valence-electron chi connectivity index (χ0n) is 12.2. The van der Waals surface area contributed by atoms with Crippen LogP contribution in [0.15, 0.2) is 0 Å². The van der Waals surface area contributed by atoms with Crippen molar-refractivity contribution in [1.82, 2.24) is 10.2 Å². The number of carboxylic acid groups (broad SMARTS) is 1. The number of rotatable bonds is 3. The van der Waals surface area contributed by atoms with Crippen LogP contribution in [0.5, 0.6) is 0 Å². The number of carbonyl (C=O) groups is 3. The van der Waals surface area contributed by atoms with Crippen molar-refractivity contribution in [3.63, 3.8) is 0 Å². The second-order valence-corrected chi connectivity index (χ2v) is 10.0. The third kappa shape index (κ3) is 1.98. The average Bonchev–Trinajstić information content (AvgIpc) is 2.78. The van der Waals surface area contributed by atoms with E-state index in [2.05, 4.69) is 5.32 Å². The molecule has 3 fully saturated rings. The average molecular weight is 367 g/mol. The molecule has 0 radical (unpaired) electrons. The van der Waals surface area contributed by atoms with Crippen LogP contribution < -0.4 is 5.32 Å². The van der Waals surface area contributed by atoms with Crippen molar-refractivity contribution < 1.29 is 19.5 Å². The maximum Gasteiger partial charge on any atom is 0.327 e. The number of nitrogens with zero attached hydrogens (tertiary/aromatic N) is 1. The zero-order valence-corrected chi connectivity index (χ0v) is 14.6. The lowest BCUT2D eigenvalue weighted by Crippen LogP contribution is -2.71. The molecule has 0 aromatic rings. The number of amides is 2. The summed E-state index contributed by atoms with van der Waals surface area (Å²) >= 11 is 13.3. The largest absolute Gasteiger partial charge is 0.480 e. The summed E-state index contributed by atoms with van der Waals surface area (Å²) < 4.78 is -1.72. The van der Waals surface area contributed by atoms with Crippen LogP contribution in [0, 0.1) is 5.41 Å². The van der Waals surface area contributed by atoms with Crippen LogP contribution in [-0.2, 0) is 14.4 Å². The van der Waals surface area contributed by atoms with Gasteiger partial charge in [-0.3, -0.25) is 9.59 Å². The molecule has 2 aliphatic heterocycles. The molecule has 3 rings (SSSR count). The van der Waals surface area contributed by atoms with Gasteiger partial charge in [-0.25, -0.2) is 4.79 Å². The summed E-state index contributed by atoms with van der Waals surface area (Å²) in [7, 11) is 0. The van der Waals surface area contributed by atoms with Gasteiger partial charge in [0.25, 0.3) is 0 Å². The summed E-state index contributed by atoms with van der Waals surface area (Å²) in [5, 5.41) is 11.6. The molecule has 2 amide bonds. The minimum absolute atomic E-state index is 0.334. The number of alkyl halides is 2. The molecule has 0 spiro atoms. The summed E-state index contributed by atoms with van der Waals surface area (Å²) in [6.07, 6.45) is 0.334. The molecule has 122 valence electrons. The summed E-state index contributed by atoms with van der Waals surface area (Å²) in [6, 6.07) is -1.61. The van der Waals surface area contributed by atoms with Gasteiger partial charge >= 0.3 is 5.97 Å². The van der Waals surface area contributed by atoms with Crippen molar-refractivity contribution in [3.05, 3.63) is 0 Å². The molecule has 3 aliphatic rings. The number of nitrogens with one attached hydrogen (secondary N) is 1. The van der Waals surface area contributed by atoms with Gasteiger partial charge in [-0.2, -0.15) is 0 Å². The van der Waals surface area contributed by atoms with Gasteiger partial charge in [0.05, 0.1) is 5.41 Å².